The highest BCUT2D eigenvalue weighted by Crippen LogP contribution is 2.51. The SMILES string of the molecule is COC(=O)C1=C(CN2Sc3cccc4cc(CO)cc2c34)[C@H](C)C2[C@@H]([C@@H](C)O)C(=O)N12. The molecule has 2 N–H and O–H groups in total. The Hall–Kier alpha value is -2.55. The molecule has 0 aliphatic carbocycles. The molecule has 3 aliphatic heterocycles. The Morgan fingerprint density at radius 3 is 2.77 bits per heavy atom. The first-order chi connectivity index (χ1) is 14.9. The molecular formula is C23H24N2O5S. The molecule has 0 saturated carbocycles. The van der Waals surface area contributed by atoms with Gasteiger partial charge in [0.25, 0.3) is 0 Å². The number of β-lactam (4-membered cyclic amide) rings is 1. The van der Waals surface area contributed by atoms with Gasteiger partial charge in [-0.15, -0.1) is 0 Å². The summed E-state index contributed by atoms with van der Waals surface area (Å²) in [5, 5.41) is 22.0. The first-order valence-electron chi connectivity index (χ1n) is 10.3. The summed E-state index contributed by atoms with van der Waals surface area (Å²) in [5.74, 6) is -1.37. The van der Waals surface area contributed by atoms with Gasteiger partial charge in [0.05, 0.1) is 44.0 Å². The van der Waals surface area contributed by atoms with E-state index in [1.807, 2.05) is 31.2 Å². The Morgan fingerprint density at radius 1 is 1.32 bits per heavy atom. The van der Waals surface area contributed by atoms with E-state index < -0.39 is 18.0 Å². The van der Waals surface area contributed by atoms with Crippen LogP contribution in [0.15, 0.2) is 46.5 Å². The quantitative estimate of drug-likeness (QED) is 0.419. The summed E-state index contributed by atoms with van der Waals surface area (Å²) in [6.45, 7) is 3.99. The van der Waals surface area contributed by atoms with E-state index in [4.69, 9.17) is 4.74 Å². The van der Waals surface area contributed by atoms with Crippen molar-refractivity contribution in [1.29, 1.82) is 0 Å². The van der Waals surface area contributed by atoms with Gasteiger partial charge in [-0.05, 0) is 53.6 Å². The van der Waals surface area contributed by atoms with E-state index in [-0.39, 0.29) is 24.5 Å². The molecule has 2 aromatic rings. The highest BCUT2D eigenvalue weighted by atomic mass is 32.2. The Bertz CT molecular complexity index is 1140. The van der Waals surface area contributed by atoms with Crippen LogP contribution >= 0.6 is 11.9 Å². The number of hydrogen-bond acceptors (Lipinski definition) is 7. The van der Waals surface area contributed by atoms with Gasteiger partial charge in [-0.2, -0.15) is 0 Å². The van der Waals surface area contributed by atoms with Gasteiger partial charge in [0, 0.05) is 16.2 Å². The molecule has 1 unspecified atom stereocenters. The molecule has 0 aromatic heterocycles. The minimum atomic E-state index is -0.777. The summed E-state index contributed by atoms with van der Waals surface area (Å²) in [7, 11) is 1.32. The Balaban J connectivity index is 1.56. The number of nitrogens with zero attached hydrogens (tertiary/aromatic N) is 2. The van der Waals surface area contributed by atoms with Crippen molar-refractivity contribution < 1.29 is 24.5 Å². The maximum absolute atomic E-state index is 12.7. The highest BCUT2D eigenvalue weighted by Gasteiger charge is 2.60. The van der Waals surface area contributed by atoms with E-state index in [0.717, 1.165) is 32.5 Å². The zero-order valence-corrected chi connectivity index (χ0v) is 18.3. The number of rotatable bonds is 5. The molecule has 2 aromatic carbocycles. The van der Waals surface area contributed by atoms with Crippen molar-refractivity contribution in [2.24, 2.45) is 11.8 Å². The van der Waals surface area contributed by atoms with E-state index in [0.29, 0.717) is 12.2 Å². The largest absolute Gasteiger partial charge is 0.464 e. The van der Waals surface area contributed by atoms with Crippen molar-refractivity contribution >= 4 is 40.3 Å². The van der Waals surface area contributed by atoms with Crippen LogP contribution in [0.25, 0.3) is 10.8 Å². The summed E-state index contributed by atoms with van der Waals surface area (Å²) in [5.41, 5.74) is 2.94. The van der Waals surface area contributed by atoms with Crippen molar-refractivity contribution in [1.82, 2.24) is 4.90 Å². The van der Waals surface area contributed by atoms with Crippen LogP contribution in [0.2, 0.25) is 0 Å². The number of fused-ring (bicyclic) bond motifs is 1. The third-order valence-corrected chi connectivity index (χ3v) is 7.73. The predicted octanol–water partition coefficient (Wildman–Crippen LogP) is 2.44. The van der Waals surface area contributed by atoms with Crippen molar-refractivity contribution in [2.45, 2.75) is 37.5 Å². The zero-order valence-electron chi connectivity index (χ0n) is 17.5. The van der Waals surface area contributed by atoms with Crippen LogP contribution in [0.1, 0.15) is 19.4 Å². The van der Waals surface area contributed by atoms with Crippen LogP contribution in [0.5, 0.6) is 0 Å². The van der Waals surface area contributed by atoms with Crippen molar-refractivity contribution in [2.75, 3.05) is 18.0 Å². The number of esters is 1. The smallest absolute Gasteiger partial charge is 0.354 e. The van der Waals surface area contributed by atoms with Crippen LogP contribution in [-0.4, -0.2) is 52.8 Å². The molecule has 31 heavy (non-hydrogen) atoms. The van der Waals surface area contributed by atoms with Gasteiger partial charge in [-0.1, -0.05) is 19.1 Å². The Morgan fingerprint density at radius 2 is 2.10 bits per heavy atom. The number of carbonyl (C=O) groups is 2. The van der Waals surface area contributed by atoms with Crippen LogP contribution in [0.3, 0.4) is 0 Å². The van der Waals surface area contributed by atoms with Crippen LogP contribution < -0.4 is 4.31 Å². The molecule has 0 spiro atoms. The van der Waals surface area contributed by atoms with Gasteiger partial charge in [-0.25, -0.2) is 4.79 Å². The lowest BCUT2D eigenvalue weighted by Gasteiger charge is -2.46. The number of amides is 1. The van der Waals surface area contributed by atoms with Crippen LogP contribution in [0, 0.1) is 11.8 Å². The number of carbonyl (C=O) groups excluding carboxylic acids is 2. The van der Waals surface area contributed by atoms with Crippen molar-refractivity contribution in [3.8, 4) is 0 Å². The summed E-state index contributed by atoms with van der Waals surface area (Å²) in [6, 6.07) is 9.80. The summed E-state index contributed by atoms with van der Waals surface area (Å²) < 4.78 is 7.13. The molecule has 5 rings (SSSR count). The average Bonchev–Trinajstić information content (AvgIpc) is 3.22. The number of benzene rings is 2. The molecule has 3 heterocycles. The Kier molecular flexibility index (Phi) is 4.76. The predicted molar refractivity (Wildman–Crippen MR) is 117 cm³/mol. The summed E-state index contributed by atoms with van der Waals surface area (Å²) in [6.07, 6.45) is -0.777. The molecule has 0 radical (unpaired) electrons. The maximum Gasteiger partial charge on any atom is 0.354 e. The third kappa shape index (κ3) is 2.82. The molecule has 162 valence electrons. The molecule has 8 heteroatoms. The fraction of sp³-hybridized carbons (Fsp3) is 0.391. The molecular weight excluding hydrogens is 416 g/mol. The maximum atomic E-state index is 12.7. The molecule has 1 saturated heterocycles. The van der Waals surface area contributed by atoms with E-state index in [1.54, 1.807) is 18.9 Å². The average molecular weight is 441 g/mol. The molecule has 0 bridgehead atoms. The fourth-order valence-electron chi connectivity index (χ4n) is 5.17. The lowest BCUT2D eigenvalue weighted by molar-refractivity contribution is -0.163. The van der Waals surface area contributed by atoms with Gasteiger partial charge >= 0.3 is 5.97 Å². The van der Waals surface area contributed by atoms with Crippen LogP contribution in [0.4, 0.5) is 5.69 Å². The van der Waals surface area contributed by atoms with E-state index in [1.165, 1.54) is 12.0 Å². The molecule has 1 fully saturated rings. The van der Waals surface area contributed by atoms with Gasteiger partial charge in [0.2, 0.25) is 5.91 Å². The second-order valence-electron chi connectivity index (χ2n) is 8.37. The van der Waals surface area contributed by atoms with E-state index in [9.17, 15) is 19.8 Å². The minimum absolute atomic E-state index is 0.0569. The van der Waals surface area contributed by atoms with Crippen molar-refractivity contribution in [3.63, 3.8) is 0 Å². The lowest BCUT2D eigenvalue weighted by Crippen LogP contribution is -2.63. The molecule has 7 nitrogen and oxygen atoms in total. The number of methoxy groups -OCH3 is 1. The summed E-state index contributed by atoms with van der Waals surface area (Å²) in [4.78, 5) is 28.0. The zero-order chi connectivity index (χ0) is 22.0. The first-order valence-corrected chi connectivity index (χ1v) is 11.1. The standard InChI is InChI=1S/C23H24N2O5S/c1-11-15(21(23(29)30-3)25-20(11)18(12(2)27)22(25)28)9-24-16-8-13(10-26)7-14-5-4-6-17(31-24)19(14)16/h4-8,11-12,18,20,26-27H,9-10H2,1-3H3/t11-,12+,18+,20?/m0/s1. The van der Waals surface area contributed by atoms with Gasteiger partial charge < -0.3 is 24.2 Å². The third-order valence-electron chi connectivity index (χ3n) is 6.65. The monoisotopic (exact) mass is 440 g/mol. The second-order valence-corrected chi connectivity index (χ2v) is 9.44. The summed E-state index contributed by atoms with van der Waals surface area (Å²) >= 11 is 1.59. The Labute approximate surface area is 184 Å². The second kappa shape index (κ2) is 7.25. The normalized spacial score (nSPS) is 25.2. The van der Waals surface area contributed by atoms with Gasteiger partial charge in [0.15, 0.2) is 0 Å². The van der Waals surface area contributed by atoms with Crippen LogP contribution in [-0.2, 0) is 20.9 Å². The number of aliphatic hydroxyl groups excluding tert-OH is 2. The highest BCUT2D eigenvalue weighted by molar-refractivity contribution is 8.01. The molecule has 3 aliphatic rings. The van der Waals surface area contributed by atoms with Crippen molar-refractivity contribution in [3.05, 3.63) is 47.2 Å². The van der Waals surface area contributed by atoms with E-state index in [2.05, 4.69) is 10.4 Å². The molecule has 4 atom stereocenters. The number of ether oxygens (including phenoxy) is 1. The molecule has 1 amide bonds. The van der Waals surface area contributed by atoms with E-state index >= 15 is 0 Å². The minimum Gasteiger partial charge on any atom is -0.464 e. The first kappa shape index (κ1) is 20.4. The topological polar surface area (TPSA) is 90.3 Å². The number of anilines is 1. The number of hydrogen-bond donors (Lipinski definition) is 2. The number of aliphatic hydroxyl groups is 2. The van der Waals surface area contributed by atoms with Gasteiger partial charge in [-0.3, -0.25) is 4.79 Å². The fourth-order valence-corrected chi connectivity index (χ4v) is 6.31. The van der Waals surface area contributed by atoms with Gasteiger partial charge in [0.1, 0.15) is 5.70 Å². The lowest BCUT2D eigenvalue weighted by atomic mass is 9.78.